The molecule has 0 aliphatic carbocycles. The van der Waals surface area contributed by atoms with E-state index in [1.165, 1.54) is 0 Å². The second-order valence-corrected chi connectivity index (χ2v) is 3.89. The molecule has 0 N–H and O–H groups in total. The van der Waals surface area contributed by atoms with Gasteiger partial charge in [-0.2, -0.15) is 0 Å². The first kappa shape index (κ1) is 9.41. The highest BCUT2D eigenvalue weighted by Gasteiger charge is 2.04. The van der Waals surface area contributed by atoms with Crippen molar-refractivity contribution in [1.82, 2.24) is 9.97 Å². The fraction of sp³-hybridized carbons (Fsp3) is 0.273. The predicted octanol–water partition coefficient (Wildman–Crippen LogP) is 3.21. The lowest BCUT2D eigenvalue weighted by Gasteiger charge is -2.04. The molecule has 0 fully saturated rings. The van der Waals surface area contributed by atoms with Crippen LogP contribution in [0.5, 0.6) is 0 Å². The summed E-state index contributed by atoms with van der Waals surface area (Å²) in [6, 6.07) is 3.84. The van der Waals surface area contributed by atoms with Crippen LogP contribution in [-0.2, 0) is 0 Å². The second kappa shape index (κ2) is 3.21. The molecule has 0 bridgehead atoms. The van der Waals surface area contributed by atoms with E-state index in [1.807, 2.05) is 32.9 Å². The van der Waals surface area contributed by atoms with Gasteiger partial charge in [-0.25, -0.2) is 9.97 Å². The van der Waals surface area contributed by atoms with Crippen molar-refractivity contribution >= 4 is 22.6 Å². The average molecular weight is 207 g/mol. The molecule has 1 heterocycles. The standard InChI is InChI=1S/C11H11ClN2/c1-6-4-10-11(5-9(6)12)14-8(3)7(2)13-10/h4-5H,1-3H3. The molecule has 2 rings (SSSR count). The number of hydrogen-bond acceptors (Lipinski definition) is 2. The maximum Gasteiger partial charge on any atom is 0.0905 e. The predicted molar refractivity (Wildman–Crippen MR) is 58.8 cm³/mol. The zero-order valence-corrected chi connectivity index (χ0v) is 9.18. The van der Waals surface area contributed by atoms with Crippen molar-refractivity contribution in [3.8, 4) is 0 Å². The average Bonchev–Trinajstić information content (AvgIpc) is 2.11. The van der Waals surface area contributed by atoms with Gasteiger partial charge in [0, 0.05) is 5.02 Å². The van der Waals surface area contributed by atoms with Crippen molar-refractivity contribution in [1.29, 1.82) is 0 Å². The van der Waals surface area contributed by atoms with Gasteiger partial charge in [0.1, 0.15) is 0 Å². The summed E-state index contributed by atoms with van der Waals surface area (Å²) in [6.07, 6.45) is 0. The van der Waals surface area contributed by atoms with Crippen molar-refractivity contribution < 1.29 is 0 Å². The normalized spacial score (nSPS) is 10.9. The highest BCUT2D eigenvalue weighted by atomic mass is 35.5. The maximum absolute atomic E-state index is 6.01. The number of rotatable bonds is 0. The quantitative estimate of drug-likeness (QED) is 0.662. The summed E-state index contributed by atoms with van der Waals surface area (Å²) in [5, 5.41) is 0.745. The number of hydrogen-bond donors (Lipinski definition) is 0. The molecule has 72 valence electrons. The Morgan fingerprint density at radius 3 is 2.00 bits per heavy atom. The van der Waals surface area contributed by atoms with Crippen molar-refractivity contribution in [3.63, 3.8) is 0 Å². The van der Waals surface area contributed by atoms with E-state index in [0.29, 0.717) is 0 Å². The molecule has 3 heteroatoms. The Balaban J connectivity index is 2.83. The molecule has 0 amide bonds. The monoisotopic (exact) mass is 206 g/mol. The smallest absolute Gasteiger partial charge is 0.0905 e. The molecule has 1 aromatic carbocycles. The zero-order chi connectivity index (χ0) is 10.3. The van der Waals surface area contributed by atoms with Crippen LogP contribution in [0, 0.1) is 20.8 Å². The highest BCUT2D eigenvalue weighted by molar-refractivity contribution is 6.32. The van der Waals surface area contributed by atoms with E-state index in [-0.39, 0.29) is 0 Å². The molecule has 1 aromatic heterocycles. The molecular formula is C11H11ClN2. The Hall–Kier alpha value is -1.15. The van der Waals surface area contributed by atoms with Gasteiger partial charge in [0.05, 0.1) is 22.4 Å². The molecule has 0 atom stereocenters. The highest BCUT2D eigenvalue weighted by Crippen LogP contribution is 2.21. The SMILES string of the molecule is Cc1cc2nc(C)c(C)nc2cc1Cl. The Morgan fingerprint density at radius 1 is 0.929 bits per heavy atom. The van der Waals surface area contributed by atoms with Crippen molar-refractivity contribution in [2.75, 3.05) is 0 Å². The number of fused-ring (bicyclic) bond motifs is 1. The summed E-state index contributed by atoms with van der Waals surface area (Å²) < 4.78 is 0. The third-order valence-corrected chi connectivity index (χ3v) is 2.76. The first-order valence-electron chi connectivity index (χ1n) is 4.49. The van der Waals surface area contributed by atoms with Crippen LogP contribution in [0.4, 0.5) is 0 Å². The number of aryl methyl sites for hydroxylation is 3. The van der Waals surface area contributed by atoms with Gasteiger partial charge in [-0.05, 0) is 38.5 Å². The van der Waals surface area contributed by atoms with Crippen LogP contribution in [0.2, 0.25) is 5.02 Å². The third-order valence-electron chi connectivity index (χ3n) is 2.36. The van der Waals surface area contributed by atoms with E-state index >= 15 is 0 Å². The van der Waals surface area contributed by atoms with E-state index in [1.54, 1.807) is 0 Å². The minimum Gasteiger partial charge on any atom is -0.250 e. The van der Waals surface area contributed by atoms with Crippen molar-refractivity contribution in [2.45, 2.75) is 20.8 Å². The summed E-state index contributed by atoms with van der Waals surface area (Å²) in [6.45, 7) is 5.89. The van der Waals surface area contributed by atoms with Crippen LogP contribution in [0.15, 0.2) is 12.1 Å². The second-order valence-electron chi connectivity index (χ2n) is 3.48. The summed E-state index contributed by atoms with van der Waals surface area (Å²) in [5.41, 5.74) is 4.74. The Labute approximate surface area is 88.0 Å². The number of aromatic nitrogens is 2. The fourth-order valence-electron chi connectivity index (χ4n) is 1.36. The molecule has 0 spiro atoms. The van der Waals surface area contributed by atoms with Gasteiger partial charge in [0.15, 0.2) is 0 Å². The van der Waals surface area contributed by atoms with Crippen LogP contribution in [0.1, 0.15) is 17.0 Å². The molecule has 0 aliphatic heterocycles. The lowest BCUT2D eigenvalue weighted by molar-refractivity contribution is 1.10. The van der Waals surface area contributed by atoms with E-state index in [4.69, 9.17) is 11.6 Å². The van der Waals surface area contributed by atoms with Crippen LogP contribution < -0.4 is 0 Å². The van der Waals surface area contributed by atoms with Gasteiger partial charge in [0.25, 0.3) is 0 Å². The van der Waals surface area contributed by atoms with E-state index < -0.39 is 0 Å². The molecule has 2 nitrogen and oxygen atoms in total. The Morgan fingerprint density at radius 2 is 1.43 bits per heavy atom. The fourth-order valence-corrected chi connectivity index (χ4v) is 1.52. The number of nitrogens with zero attached hydrogens (tertiary/aromatic N) is 2. The number of halogens is 1. The van der Waals surface area contributed by atoms with Gasteiger partial charge >= 0.3 is 0 Å². The van der Waals surface area contributed by atoms with E-state index in [9.17, 15) is 0 Å². The van der Waals surface area contributed by atoms with Gasteiger partial charge < -0.3 is 0 Å². The molecule has 0 saturated heterocycles. The summed E-state index contributed by atoms with van der Waals surface area (Å²) in [4.78, 5) is 8.89. The van der Waals surface area contributed by atoms with Gasteiger partial charge in [0.2, 0.25) is 0 Å². The van der Waals surface area contributed by atoms with E-state index in [2.05, 4.69) is 9.97 Å². The van der Waals surface area contributed by atoms with Gasteiger partial charge in [-0.1, -0.05) is 11.6 Å². The molecular weight excluding hydrogens is 196 g/mol. The molecule has 0 aliphatic rings. The molecule has 0 saturated carbocycles. The molecule has 2 aromatic rings. The zero-order valence-electron chi connectivity index (χ0n) is 8.43. The number of benzene rings is 1. The molecule has 0 unspecified atom stereocenters. The van der Waals surface area contributed by atoms with Gasteiger partial charge in [-0.15, -0.1) is 0 Å². The van der Waals surface area contributed by atoms with Crippen molar-refractivity contribution in [2.24, 2.45) is 0 Å². The molecule has 14 heavy (non-hydrogen) atoms. The van der Waals surface area contributed by atoms with Crippen molar-refractivity contribution in [3.05, 3.63) is 34.1 Å². The lowest BCUT2D eigenvalue weighted by Crippen LogP contribution is -1.93. The van der Waals surface area contributed by atoms with Gasteiger partial charge in [-0.3, -0.25) is 0 Å². The van der Waals surface area contributed by atoms with Crippen LogP contribution in [-0.4, -0.2) is 9.97 Å². The minimum absolute atomic E-state index is 0.745. The first-order valence-corrected chi connectivity index (χ1v) is 4.87. The summed E-state index contributed by atoms with van der Waals surface area (Å²) in [7, 11) is 0. The first-order chi connectivity index (χ1) is 6.58. The van der Waals surface area contributed by atoms with Crippen LogP contribution in [0.3, 0.4) is 0 Å². The minimum atomic E-state index is 0.745. The Kier molecular flexibility index (Phi) is 2.16. The molecule has 0 radical (unpaired) electrons. The summed E-state index contributed by atoms with van der Waals surface area (Å²) in [5.74, 6) is 0. The summed E-state index contributed by atoms with van der Waals surface area (Å²) >= 11 is 6.01. The topological polar surface area (TPSA) is 25.8 Å². The van der Waals surface area contributed by atoms with E-state index in [0.717, 1.165) is 33.0 Å². The third kappa shape index (κ3) is 1.46. The lowest BCUT2D eigenvalue weighted by atomic mass is 10.2. The Bertz CT molecular complexity index is 417. The maximum atomic E-state index is 6.01. The largest absolute Gasteiger partial charge is 0.250 e. The van der Waals surface area contributed by atoms with Crippen LogP contribution >= 0.6 is 11.6 Å². The van der Waals surface area contributed by atoms with Crippen LogP contribution in [0.25, 0.3) is 11.0 Å².